The summed E-state index contributed by atoms with van der Waals surface area (Å²) in [5.74, 6) is -44.8. The molecule has 0 radical (unpaired) electrons. The molecule has 0 rings (SSSR count). The molecule has 1 amide bonds. The number of hydrogen-bond acceptors (Lipinski definition) is 5. The van der Waals surface area contributed by atoms with E-state index in [4.69, 9.17) is 0 Å². The van der Waals surface area contributed by atoms with Crippen LogP contribution in [0.1, 0.15) is 38.5 Å². The van der Waals surface area contributed by atoms with Crippen LogP contribution in [0.25, 0.3) is 0 Å². The molecule has 1 atom stereocenters. The van der Waals surface area contributed by atoms with E-state index in [2.05, 4.69) is 9.47 Å². The Morgan fingerprint density at radius 1 is 0.592 bits per heavy atom. The quantitative estimate of drug-likeness (QED) is 0.0700. The van der Waals surface area contributed by atoms with Crippen LogP contribution in [-0.2, 0) is 23.9 Å². The maximum Gasteiger partial charge on any atom is 0.460 e. The van der Waals surface area contributed by atoms with Crippen molar-refractivity contribution in [1.29, 1.82) is 0 Å². The van der Waals surface area contributed by atoms with Gasteiger partial charge in [-0.25, -0.2) is 4.79 Å². The van der Waals surface area contributed by atoms with Gasteiger partial charge in [-0.15, -0.1) is 0 Å². The van der Waals surface area contributed by atoms with Gasteiger partial charge < -0.3 is 19.3 Å². The lowest BCUT2D eigenvalue weighted by atomic mass is 10.00. The molecule has 0 saturated carbocycles. The first-order valence-corrected chi connectivity index (χ1v) is 13.3. The third kappa shape index (κ3) is 11.6. The van der Waals surface area contributed by atoms with Crippen LogP contribution in [0.4, 0.5) is 79.0 Å². The number of rotatable bonds is 19. The van der Waals surface area contributed by atoms with Crippen molar-refractivity contribution in [2.75, 3.05) is 40.9 Å². The third-order valence-electron chi connectivity index (χ3n) is 6.20. The maximum atomic E-state index is 13.7. The Hall–Kier alpha value is -2.89. The van der Waals surface area contributed by atoms with Crippen LogP contribution in [0.3, 0.4) is 0 Å². The molecule has 0 aromatic heterocycles. The van der Waals surface area contributed by atoms with E-state index in [0.717, 1.165) is 0 Å². The van der Waals surface area contributed by atoms with Crippen molar-refractivity contribution in [2.45, 2.75) is 92.5 Å². The number of quaternary nitrogens is 1. The normalized spacial score (nSPS) is 15.1. The Labute approximate surface area is 264 Å². The first-order valence-electron chi connectivity index (χ1n) is 13.3. The Morgan fingerprint density at radius 3 is 1.31 bits per heavy atom. The molecular weight excluding hydrogens is 738 g/mol. The standard InChI is InChI=1S/C24H28F18N2O5/c1-44(2,3)9-6-14(45)43-13(16(47)49-11-5-8-18(27,28)20(31,32)22(35,36)24(40,41)42)12-15(46)48-10-4-7-17(25,26)19(29,30)21(33,34)23(37,38)39/h13H,4-12H2,1-3H3/p+1. The number of hydrogen-bond donors (Lipinski definition) is 1. The third-order valence-corrected chi connectivity index (χ3v) is 6.20. The fourth-order valence-electron chi connectivity index (χ4n) is 3.30. The monoisotopic (exact) mass is 767 g/mol. The molecule has 1 N–H and O–H groups in total. The molecule has 0 aliphatic heterocycles. The highest BCUT2D eigenvalue weighted by Gasteiger charge is 2.82. The van der Waals surface area contributed by atoms with Gasteiger partial charge in [0.1, 0.15) is 6.04 Å². The molecule has 49 heavy (non-hydrogen) atoms. The molecule has 0 saturated heterocycles. The van der Waals surface area contributed by atoms with Crippen molar-refractivity contribution in [3.05, 3.63) is 0 Å². The second-order valence-corrected chi connectivity index (χ2v) is 11.4. The molecule has 0 spiro atoms. The second-order valence-electron chi connectivity index (χ2n) is 11.4. The molecule has 0 bridgehead atoms. The molecule has 1 unspecified atom stereocenters. The molecule has 290 valence electrons. The number of ether oxygens (including phenoxy) is 2. The zero-order valence-corrected chi connectivity index (χ0v) is 25.2. The topological polar surface area (TPSA) is 81.7 Å². The fourth-order valence-corrected chi connectivity index (χ4v) is 3.30. The van der Waals surface area contributed by atoms with E-state index in [1.807, 2.05) is 5.32 Å². The van der Waals surface area contributed by atoms with Crippen LogP contribution < -0.4 is 5.32 Å². The summed E-state index contributed by atoms with van der Waals surface area (Å²) in [6, 6.07) is -2.18. The number of carbonyl (C=O) groups is 3. The highest BCUT2D eigenvalue weighted by atomic mass is 19.4. The Balaban J connectivity index is 5.50. The van der Waals surface area contributed by atoms with Crippen molar-refractivity contribution < 1.29 is 107 Å². The van der Waals surface area contributed by atoms with Gasteiger partial charge >= 0.3 is 59.8 Å². The van der Waals surface area contributed by atoms with Crippen molar-refractivity contribution >= 4 is 17.8 Å². The lowest BCUT2D eigenvalue weighted by Gasteiger charge is -2.33. The van der Waals surface area contributed by atoms with E-state index in [1.54, 1.807) is 21.1 Å². The van der Waals surface area contributed by atoms with Gasteiger partial charge in [0.05, 0.1) is 53.7 Å². The second kappa shape index (κ2) is 15.6. The lowest BCUT2D eigenvalue weighted by Crippen LogP contribution is -2.60. The predicted molar refractivity (Wildman–Crippen MR) is 126 cm³/mol. The van der Waals surface area contributed by atoms with E-state index < -0.39 is 124 Å². The summed E-state index contributed by atoms with van der Waals surface area (Å²) in [5.41, 5.74) is 0. The van der Waals surface area contributed by atoms with E-state index >= 15 is 0 Å². The largest absolute Gasteiger partial charge is 0.466 e. The Bertz CT molecular complexity index is 1130. The molecule has 0 aliphatic rings. The molecule has 0 heterocycles. The highest BCUT2D eigenvalue weighted by molar-refractivity contribution is 5.88. The fraction of sp³-hybridized carbons (Fsp3) is 0.875. The number of nitrogens with zero attached hydrogens (tertiary/aromatic N) is 1. The predicted octanol–water partition coefficient (Wildman–Crippen LogP) is 6.54. The summed E-state index contributed by atoms with van der Waals surface area (Å²) in [6.07, 6.45) is -23.7. The first-order chi connectivity index (χ1) is 21.5. The first kappa shape index (κ1) is 46.1. The molecule has 25 heteroatoms. The van der Waals surface area contributed by atoms with Gasteiger partial charge in [-0.1, -0.05) is 0 Å². The van der Waals surface area contributed by atoms with Crippen LogP contribution in [0, 0.1) is 0 Å². The van der Waals surface area contributed by atoms with Gasteiger partial charge in [0.25, 0.3) is 0 Å². The number of esters is 2. The molecule has 0 fully saturated rings. The van der Waals surface area contributed by atoms with E-state index in [1.165, 1.54) is 0 Å². The summed E-state index contributed by atoms with van der Waals surface area (Å²) < 4.78 is 242. The summed E-state index contributed by atoms with van der Waals surface area (Å²) >= 11 is 0. The highest BCUT2D eigenvalue weighted by Crippen LogP contribution is 2.55. The minimum Gasteiger partial charge on any atom is -0.466 e. The molecular formula is C24H29F18N2O5+. The molecule has 7 nitrogen and oxygen atoms in total. The van der Waals surface area contributed by atoms with Gasteiger partial charge in [-0.2, -0.15) is 79.0 Å². The van der Waals surface area contributed by atoms with Gasteiger partial charge in [-0.05, 0) is 12.8 Å². The summed E-state index contributed by atoms with van der Waals surface area (Å²) in [4.78, 5) is 36.7. The number of nitrogens with one attached hydrogen (secondary N) is 1. The van der Waals surface area contributed by atoms with E-state index in [0.29, 0.717) is 0 Å². The van der Waals surface area contributed by atoms with Gasteiger partial charge in [-0.3, -0.25) is 9.59 Å². The van der Waals surface area contributed by atoms with Gasteiger partial charge in [0.15, 0.2) is 0 Å². The Morgan fingerprint density at radius 2 is 0.959 bits per heavy atom. The van der Waals surface area contributed by atoms with Gasteiger partial charge in [0, 0.05) is 12.8 Å². The summed E-state index contributed by atoms with van der Waals surface area (Å²) in [5, 5.41) is 1.88. The average Bonchev–Trinajstić information content (AvgIpc) is 2.89. The Kier molecular flexibility index (Phi) is 14.6. The minimum absolute atomic E-state index is 0.0517. The van der Waals surface area contributed by atoms with Gasteiger partial charge in [0.2, 0.25) is 5.91 Å². The van der Waals surface area contributed by atoms with Crippen molar-refractivity contribution in [3.8, 4) is 0 Å². The average molecular weight is 767 g/mol. The molecule has 0 aromatic rings. The van der Waals surface area contributed by atoms with Crippen LogP contribution in [0.15, 0.2) is 0 Å². The van der Waals surface area contributed by atoms with Crippen LogP contribution in [0.5, 0.6) is 0 Å². The molecule has 0 aromatic carbocycles. The number of alkyl halides is 18. The smallest absolute Gasteiger partial charge is 0.460 e. The SMILES string of the molecule is C[N+](C)(C)CCC(=O)NC(CC(=O)OCCCC(F)(F)C(F)(F)C(F)(F)C(F)(F)F)C(=O)OCCCC(F)(F)C(F)(F)C(F)(F)C(F)(F)F. The maximum absolute atomic E-state index is 13.7. The zero-order valence-electron chi connectivity index (χ0n) is 25.2. The van der Waals surface area contributed by atoms with Crippen molar-refractivity contribution in [3.63, 3.8) is 0 Å². The van der Waals surface area contributed by atoms with Crippen molar-refractivity contribution in [1.82, 2.24) is 5.32 Å². The summed E-state index contributed by atoms with van der Waals surface area (Å²) in [6.45, 7) is -2.73. The zero-order chi connectivity index (χ0) is 39.3. The van der Waals surface area contributed by atoms with Crippen molar-refractivity contribution in [2.24, 2.45) is 0 Å². The van der Waals surface area contributed by atoms with E-state index in [9.17, 15) is 93.4 Å². The number of carbonyl (C=O) groups excluding carboxylic acids is 3. The number of amides is 1. The minimum atomic E-state index is -7.19. The summed E-state index contributed by atoms with van der Waals surface area (Å²) in [7, 11) is 4.76. The van der Waals surface area contributed by atoms with Crippen LogP contribution in [-0.4, -0.2) is 117 Å². The number of halogens is 18. The van der Waals surface area contributed by atoms with Crippen LogP contribution >= 0.6 is 0 Å². The van der Waals surface area contributed by atoms with E-state index in [-0.39, 0.29) is 11.0 Å². The lowest BCUT2D eigenvalue weighted by molar-refractivity contribution is -0.869. The molecule has 0 aliphatic carbocycles. The van der Waals surface area contributed by atoms with Crippen LogP contribution in [0.2, 0.25) is 0 Å².